The number of aromatic nitrogens is 1. The SMILES string of the molecule is CN(C)C(=O)c1ccc(CN2CCn3c(C(=O)NCc4ccc(NC(=O)C5CCCO5)cc4)ccc3C23CCC3)cc1. The quantitative estimate of drug-likeness (QED) is 0.425. The maximum absolute atomic E-state index is 13.3. The molecule has 0 radical (unpaired) electrons. The number of anilines is 1. The Hall–Kier alpha value is -3.95. The van der Waals surface area contributed by atoms with Gasteiger partial charge < -0.3 is 24.8 Å². The summed E-state index contributed by atoms with van der Waals surface area (Å²) in [6.45, 7) is 3.47. The Morgan fingerprint density at radius 3 is 2.31 bits per heavy atom. The van der Waals surface area contributed by atoms with Crippen LogP contribution in [0.15, 0.2) is 60.7 Å². The van der Waals surface area contributed by atoms with Crippen molar-refractivity contribution in [3.05, 3.63) is 88.7 Å². The molecule has 42 heavy (non-hydrogen) atoms. The van der Waals surface area contributed by atoms with Crippen molar-refractivity contribution >= 4 is 23.4 Å². The Bertz CT molecular complexity index is 1450. The summed E-state index contributed by atoms with van der Waals surface area (Å²) in [7, 11) is 3.53. The second-order valence-corrected chi connectivity index (χ2v) is 11.8. The number of amides is 3. The predicted octanol–water partition coefficient (Wildman–Crippen LogP) is 4.13. The van der Waals surface area contributed by atoms with Crippen molar-refractivity contribution in [3.63, 3.8) is 0 Å². The monoisotopic (exact) mass is 569 g/mol. The summed E-state index contributed by atoms with van der Waals surface area (Å²) in [4.78, 5) is 42.0. The summed E-state index contributed by atoms with van der Waals surface area (Å²) in [6, 6.07) is 19.6. The molecule has 1 aliphatic carbocycles. The van der Waals surface area contributed by atoms with Gasteiger partial charge in [0.15, 0.2) is 0 Å². The van der Waals surface area contributed by atoms with Crippen LogP contribution in [0.4, 0.5) is 5.69 Å². The van der Waals surface area contributed by atoms with Crippen LogP contribution in [-0.2, 0) is 34.7 Å². The summed E-state index contributed by atoms with van der Waals surface area (Å²) < 4.78 is 7.65. The molecule has 2 aromatic carbocycles. The lowest BCUT2D eigenvalue weighted by atomic mass is 9.71. The van der Waals surface area contributed by atoms with Gasteiger partial charge in [-0.1, -0.05) is 24.3 Å². The topological polar surface area (TPSA) is 95.9 Å². The fourth-order valence-electron chi connectivity index (χ4n) is 6.44. The molecule has 1 spiro atoms. The van der Waals surface area contributed by atoms with Crippen molar-refractivity contribution in [2.75, 3.05) is 32.6 Å². The summed E-state index contributed by atoms with van der Waals surface area (Å²) in [5, 5.41) is 5.99. The van der Waals surface area contributed by atoms with Gasteiger partial charge in [0.05, 0.1) is 5.54 Å². The van der Waals surface area contributed by atoms with E-state index in [0.717, 1.165) is 56.6 Å². The minimum atomic E-state index is -0.366. The van der Waals surface area contributed by atoms with Crippen molar-refractivity contribution in [1.82, 2.24) is 19.7 Å². The van der Waals surface area contributed by atoms with E-state index in [1.807, 2.05) is 42.5 Å². The molecule has 2 fully saturated rings. The Morgan fingerprint density at radius 1 is 0.929 bits per heavy atom. The Morgan fingerprint density at radius 2 is 1.67 bits per heavy atom. The van der Waals surface area contributed by atoms with Crippen LogP contribution in [0.1, 0.15) is 69.8 Å². The molecule has 2 N–H and O–H groups in total. The fraction of sp³-hybridized carbons (Fsp3) is 0.424. The number of fused-ring (bicyclic) bond motifs is 2. The molecule has 1 saturated heterocycles. The van der Waals surface area contributed by atoms with E-state index in [1.54, 1.807) is 19.0 Å². The number of nitrogens with one attached hydrogen (secondary N) is 2. The number of carbonyl (C=O) groups is 3. The highest BCUT2D eigenvalue weighted by Crippen LogP contribution is 2.49. The molecule has 3 heterocycles. The van der Waals surface area contributed by atoms with E-state index in [1.165, 1.54) is 17.7 Å². The van der Waals surface area contributed by atoms with Gasteiger partial charge in [0.25, 0.3) is 17.7 Å². The van der Waals surface area contributed by atoms with E-state index in [4.69, 9.17) is 4.74 Å². The van der Waals surface area contributed by atoms with E-state index < -0.39 is 0 Å². The molecule has 1 atom stereocenters. The number of benzene rings is 2. The highest BCUT2D eigenvalue weighted by Gasteiger charge is 2.48. The smallest absolute Gasteiger partial charge is 0.268 e. The van der Waals surface area contributed by atoms with Gasteiger partial charge in [-0.15, -0.1) is 0 Å². The highest BCUT2D eigenvalue weighted by molar-refractivity contribution is 5.95. The van der Waals surface area contributed by atoms with Crippen molar-refractivity contribution < 1.29 is 19.1 Å². The number of hydrogen-bond donors (Lipinski definition) is 2. The van der Waals surface area contributed by atoms with E-state index in [9.17, 15) is 14.4 Å². The first-order valence-electron chi connectivity index (χ1n) is 14.9. The third-order valence-corrected chi connectivity index (χ3v) is 8.95. The largest absolute Gasteiger partial charge is 0.368 e. The normalized spacial score (nSPS) is 19.1. The maximum atomic E-state index is 13.3. The van der Waals surface area contributed by atoms with Gasteiger partial charge in [-0.05, 0) is 79.6 Å². The molecule has 0 bridgehead atoms. The molecule has 3 aromatic rings. The van der Waals surface area contributed by atoms with Gasteiger partial charge in [0.2, 0.25) is 0 Å². The van der Waals surface area contributed by atoms with Crippen molar-refractivity contribution in [1.29, 1.82) is 0 Å². The predicted molar refractivity (Wildman–Crippen MR) is 160 cm³/mol. The van der Waals surface area contributed by atoms with Crippen LogP contribution in [0.5, 0.6) is 0 Å². The molecule has 1 unspecified atom stereocenters. The van der Waals surface area contributed by atoms with E-state index in [2.05, 4.69) is 38.3 Å². The molecule has 6 rings (SSSR count). The lowest BCUT2D eigenvalue weighted by molar-refractivity contribution is -0.124. The lowest BCUT2D eigenvalue weighted by Gasteiger charge is -2.53. The van der Waals surface area contributed by atoms with Crippen LogP contribution < -0.4 is 10.6 Å². The molecular formula is C33H39N5O4. The third kappa shape index (κ3) is 5.46. The molecular weight excluding hydrogens is 530 g/mol. The average Bonchev–Trinajstić information content (AvgIpc) is 3.67. The second-order valence-electron chi connectivity index (χ2n) is 11.8. The van der Waals surface area contributed by atoms with Crippen LogP contribution in [0.3, 0.4) is 0 Å². The van der Waals surface area contributed by atoms with E-state index in [-0.39, 0.29) is 29.4 Å². The minimum Gasteiger partial charge on any atom is -0.368 e. The number of ether oxygens (including phenoxy) is 1. The highest BCUT2D eigenvalue weighted by atomic mass is 16.5. The van der Waals surface area contributed by atoms with Crippen LogP contribution in [0.2, 0.25) is 0 Å². The minimum absolute atomic E-state index is 0.00854. The van der Waals surface area contributed by atoms with E-state index >= 15 is 0 Å². The van der Waals surface area contributed by atoms with Crippen molar-refractivity contribution in [2.45, 2.75) is 63.4 Å². The van der Waals surface area contributed by atoms with Crippen LogP contribution in [0, 0.1) is 0 Å². The first kappa shape index (κ1) is 28.2. The first-order chi connectivity index (χ1) is 20.3. The van der Waals surface area contributed by atoms with Gasteiger partial charge in [-0.3, -0.25) is 19.3 Å². The van der Waals surface area contributed by atoms with Gasteiger partial charge in [-0.25, -0.2) is 0 Å². The molecule has 3 aliphatic rings. The molecule has 9 nitrogen and oxygen atoms in total. The Labute approximate surface area is 246 Å². The summed E-state index contributed by atoms with van der Waals surface area (Å²) >= 11 is 0. The van der Waals surface area contributed by atoms with E-state index in [0.29, 0.717) is 24.4 Å². The molecule has 2 aliphatic heterocycles. The van der Waals surface area contributed by atoms with Crippen molar-refractivity contribution in [2.24, 2.45) is 0 Å². The van der Waals surface area contributed by atoms with Crippen LogP contribution in [-0.4, -0.2) is 65.4 Å². The average molecular weight is 570 g/mol. The van der Waals surface area contributed by atoms with Crippen molar-refractivity contribution in [3.8, 4) is 0 Å². The summed E-state index contributed by atoms with van der Waals surface area (Å²) in [5.74, 6) is -0.181. The molecule has 1 saturated carbocycles. The number of rotatable bonds is 8. The zero-order chi connectivity index (χ0) is 29.3. The first-order valence-corrected chi connectivity index (χ1v) is 14.9. The maximum Gasteiger partial charge on any atom is 0.268 e. The van der Waals surface area contributed by atoms with Gasteiger partial charge in [-0.2, -0.15) is 0 Å². The number of hydrogen-bond acceptors (Lipinski definition) is 5. The summed E-state index contributed by atoms with van der Waals surface area (Å²) in [6.07, 6.45) is 4.62. The number of nitrogens with zero attached hydrogens (tertiary/aromatic N) is 3. The van der Waals surface area contributed by atoms with Crippen LogP contribution in [0.25, 0.3) is 0 Å². The second kappa shape index (κ2) is 11.7. The molecule has 1 aromatic heterocycles. The Balaban J connectivity index is 1.08. The zero-order valence-corrected chi connectivity index (χ0v) is 24.4. The summed E-state index contributed by atoms with van der Waals surface area (Å²) in [5.41, 5.74) is 5.43. The lowest BCUT2D eigenvalue weighted by Crippen LogP contribution is -2.56. The fourth-order valence-corrected chi connectivity index (χ4v) is 6.44. The zero-order valence-electron chi connectivity index (χ0n) is 24.4. The third-order valence-electron chi connectivity index (χ3n) is 8.95. The molecule has 220 valence electrons. The van der Waals surface area contributed by atoms with Gasteiger partial charge in [0.1, 0.15) is 11.8 Å². The molecule has 9 heteroatoms. The standard InChI is InChI=1S/C33H39N5O4/c1-36(2)32(41)25-10-6-24(7-11-25)22-37-18-19-38-27(14-15-29(38)33(37)16-4-17-33)30(39)34-21-23-8-12-26(13-9-23)35-31(40)28-5-3-20-42-28/h6-15,28H,3-5,16-22H2,1-2H3,(H,34,39)(H,35,40). The molecule has 3 amide bonds. The Kier molecular flexibility index (Phi) is 7.88. The van der Waals surface area contributed by atoms with Crippen LogP contribution >= 0.6 is 0 Å². The van der Waals surface area contributed by atoms with Gasteiger partial charge >= 0.3 is 0 Å². The van der Waals surface area contributed by atoms with Gasteiger partial charge in [0, 0.05) is 63.8 Å². The number of carbonyl (C=O) groups excluding carboxylic acids is 3.